The lowest BCUT2D eigenvalue weighted by Crippen LogP contribution is -2.41. The van der Waals surface area contributed by atoms with Crippen LogP contribution in [0.25, 0.3) is 10.9 Å². The summed E-state index contributed by atoms with van der Waals surface area (Å²) in [5.41, 5.74) is 1.78. The third-order valence-corrected chi connectivity index (χ3v) is 6.55. The molecule has 0 spiro atoms. The molecule has 4 rings (SSSR count). The molecule has 8 nitrogen and oxygen atoms in total. The van der Waals surface area contributed by atoms with Gasteiger partial charge >= 0.3 is 7.12 Å². The molecule has 1 fully saturated rings. The maximum atomic E-state index is 6.34. The van der Waals surface area contributed by atoms with Crippen LogP contribution in [0.1, 0.15) is 53.1 Å². The van der Waals surface area contributed by atoms with Crippen molar-refractivity contribution in [3.63, 3.8) is 0 Å². The SMILES string of the molecule is COc1ccc(CNc2nccc3c2c(B2OC(C)(C)C(C)(C)O2)nn3C(C)C)c(OC)c1. The van der Waals surface area contributed by atoms with E-state index < -0.39 is 18.3 Å². The Morgan fingerprint density at radius 1 is 1.06 bits per heavy atom. The van der Waals surface area contributed by atoms with Crippen molar-refractivity contribution in [3.8, 4) is 11.5 Å². The van der Waals surface area contributed by atoms with E-state index in [2.05, 4.69) is 24.1 Å². The molecule has 1 aliphatic heterocycles. The number of hydrogen-bond acceptors (Lipinski definition) is 7. The number of fused-ring (bicyclic) bond motifs is 1. The monoisotopic (exact) mass is 452 g/mol. The van der Waals surface area contributed by atoms with Gasteiger partial charge in [-0.25, -0.2) is 4.98 Å². The maximum absolute atomic E-state index is 6.34. The Balaban J connectivity index is 1.74. The van der Waals surface area contributed by atoms with E-state index in [4.69, 9.17) is 23.9 Å². The van der Waals surface area contributed by atoms with Gasteiger partial charge in [0, 0.05) is 30.4 Å². The summed E-state index contributed by atoms with van der Waals surface area (Å²) in [5.74, 6) is 2.22. The quantitative estimate of drug-likeness (QED) is 0.544. The number of rotatable bonds is 7. The second-order valence-corrected chi connectivity index (χ2v) is 9.60. The molecule has 0 bridgehead atoms. The van der Waals surface area contributed by atoms with Crippen molar-refractivity contribution >= 4 is 29.4 Å². The van der Waals surface area contributed by atoms with Crippen molar-refractivity contribution in [2.24, 2.45) is 0 Å². The lowest BCUT2D eigenvalue weighted by atomic mass is 9.82. The lowest BCUT2D eigenvalue weighted by Gasteiger charge is -2.32. The highest BCUT2D eigenvalue weighted by molar-refractivity contribution is 6.64. The van der Waals surface area contributed by atoms with E-state index in [1.54, 1.807) is 20.4 Å². The van der Waals surface area contributed by atoms with Crippen LogP contribution < -0.4 is 20.4 Å². The molecule has 1 N–H and O–H groups in total. The van der Waals surface area contributed by atoms with Crippen LogP contribution in [0.2, 0.25) is 0 Å². The third-order valence-electron chi connectivity index (χ3n) is 6.55. The van der Waals surface area contributed by atoms with E-state index in [0.717, 1.165) is 39.4 Å². The minimum absolute atomic E-state index is 0.167. The third kappa shape index (κ3) is 4.15. The zero-order valence-corrected chi connectivity index (χ0v) is 20.7. The van der Waals surface area contributed by atoms with Crippen LogP contribution in [0.3, 0.4) is 0 Å². The minimum atomic E-state index is -0.585. The molecule has 3 aromatic rings. The number of hydrogen-bond donors (Lipinski definition) is 1. The summed E-state index contributed by atoms with van der Waals surface area (Å²) >= 11 is 0. The first kappa shape index (κ1) is 23.4. The largest absolute Gasteiger partial charge is 0.517 e. The Hall–Kier alpha value is -2.78. The summed E-state index contributed by atoms with van der Waals surface area (Å²) in [5, 5.41) is 9.30. The van der Waals surface area contributed by atoms with Crippen LogP contribution in [0, 0.1) is 0 Å². The molecule has 0 unspecified atom stereocenters. The number of ether oxygens (including phenoxy) is 2. The number of aromatic nitrogens is 3. The van der Waals surface area contributed by atoms with Crippen molar-refractivity contribution in [1.82, 2.24) is 14.8 Å². The molecule has 1 saturated heterocycles. The number of anilines is 1. The zero-order chi connectivity index (χ0) is 24.0. The van der Waals surface area contributed by atoms with E-state index in [1.807, 2.05) is 56.6 Å². The maximum Gasteiger partial charge on any atom is 0.517 e. The first-order chi connectivity index (χ1) is 15.6. The normalized spacial score (nSPS) is 17.1. The molecule has 33 heavy (non-hydrogen) atoms. The van der Waals surface area contributed by atoms with Gasteiger partial charge in [0.2, 0.25) is 0 Å². The lowest BCUT2D eigenvalue weighted by molar-refractivity contribution is 0.00578. The Morgan fingerprint density at radius 3 is 2.36 bits per heavy atom. The predicted octanol–water partition coefficient (Wildman–Crippen LogP) is 3.94. The number of benzene rings is 1. The molecule has 9 heteroatoms. The summed E-state index contributed by atoms with van der Waals surface area (Å²) in [6, 6.07) is 7.92. The van der Waals surface area contributed by atoms with Crippen LogP contribution in [0.15, 0.2) is 30.5 Å². The molecule has 0 saturated carbocycles. The standard InChI is InChI=1S/C24H33BN4O4/c1-15(2)29-18-11-12-26-22(27-14-16-9-10-17(30-7)13-19(16)31-8)20(18)21(28-29)25-32-23(3,4)24(5,6)33-25/h9-13,15H,14H2,1-8H3,(H,26,27). The van der Waals surface area contributed by atoms with Crippen LogP contribution in [0.5, 0.6) is 11.5 Å². The van der Waals surface area contributed by atoms with Gasteiger partial charge in [0.15, 0.2) is 0 Å². The summed E-state index contributed by atoms with van der Waals surface area (Å²) in [6.07, 6.45) is 1.80. The van der Waals surface area contributed by atoms with Gasteiger partial charge in [-0.15, -0.1) is 0 Å². The highest BCUT2D eigenvalue weighted by Crippen LogP contribution is 2.37. The molecular weight excluding hydrogens is 419 g/mol. The van der Waals surface area contributed by atoms with Crippen LogP contribution in [-0.2, 0) is 15.9 Å². The van der Waals surface area contributed by atoms with Gasteiger partial charge in [0.25, 0.3) is 0 Å². The highest BCUT2D eigenvalue weighted by atomic mass is 16.7. The van der Waals surface area contributed by atoms with Crippen molar-refractivity contribution in [2.75, 3.05) is 19.5 Å². The van der Waals surface area contributed by atoms with Crippen LogP contribution in [0.4, 0.5) is 5.82 Å². The van der Waals surface area contributed by atoms with Crippen molar-refractivity contribution in [1.29, 1.82) is 0 Å². The van der Waals surface area contributed by atoms with Gasteiger partial charge in [-0.3, -0.25) is 4.68 Å². The Kier molecular flexibility index (Phi) is 6.05. The first-order valence-electron chi connectivity index (χ1n) is 11.3. The zero-order valence-electron chi connectivity index (χ0n) is 20.7. The molecule has 0 aliphatic carbocycles. The molecule has 1 aliphatic rings. The molecule has 0 atom stereocenters. The smallest absolute Gasteiger partial charge is 0.497 e. The fourth-order valence-corrected chi connectivity index (χ4v) is 3.94. The Bertz CT molecular complexity index is 1140. The second-order valence-electron chi connectivity index (χ2n) is 9.60. The topological polar surface area (TPSA) is 79.7 Å². The number of pyridine rings is 1. The van der Waals surface area contributed by atoms with Gasteiger partial charge in [0.05, 0.1) is 36.3 Å². The number of nitrogens with one attached hydrogen (secondary N) is 1. The van der Waals surface area contributed by atoms with Crippen molar-refractivity contribution in [2.45, 2.75) is 65.3 Å². The fraction of sp³-hybridized carbons (Fsp3) is 0.500. The molecule has 3 heterocycles. The fourth-order valence-electron chi connectivity index (χ4n) is 3.94. The van der Waals surface area contributed by atoms with Gasteiger partial charge in [-0.1, -0.05) is 0 Å². The van der Waals surface area contributed by atoms with Gasteiger partial charge in [-0.2, -0.15) is 5.10 Å². The van der Waals surface area contributed by atoms with E-state index in [1.165, 1.54) is 0 Å². The molecule has 0 amide bonds. The predicted molar refractivity (Wildman–Crippen MR) is 131 cm³/mol. The van der Waals surface area contributed by atoms with Gasteiger partial charge in [0.1, 0.15) is 22.9 Å². The Morgan fingerprint density at radius 2 is 1.76 bits per heavy atom. The summed E-state index contributed by atoms with van der Waals surface area (Å²) in [4.78, 5) is 4.65. The molecule has 176 valence electrons. The van der Waals surface area contributed by atoms with E-state index >= 15 is 0 Å². The molecule has 1 aromatic carbocycles. The van der Waals surface area contributed by atoms with Crippen LogP contribution >= 0.6 is 0 Å². The second kappa shape index (κ2) is 8.54. The average molecular weight is 452 g/mol. The minimum Gasteiger partial charge on any atom is -0.497 e. The first-order valence-corrected chi connectivity index (χ1v) is 11.3. The number of nitrogens with zero attached hydrogens (tertiary/aromatic N) is 3. The average Bonchev–Trinajstić information content (AvgIpc) is 3.26. The van der Waals surface area contributed by atoms with E-state index in [0.29, 0.717) is 6.54 Å². The molecule has 0 radical (unpaired) electrons. The van der Waals surface area contributed by atoms with Crippen molar-refractivity contribution < 1.29 is 18.8 Å². The summed E-state index contributed by atoms with van der Waals surface area (Å²) < 4.78 is 25.5. The molecule has 2 aromatic heterocycles. The summed E-state index contributed by atoms with van der Waals surface area (Å²) in [6.45, 7) is 12.9. The summed E-state index contributed by atoms with van der Waals surface area (Å²) in [7, 11) is 2.71. The van der Waals surface area contributed by atoms with Crippen LogP contribution in [-0.4, -0.2) is 47.3 Å². The highest BCUT2D eigenvalue weighted by Gasteiger charge is 2.53. The Labute approximate surface area is 195 Å². The van der Waals surface area contributed by atoms with Gasteiger partial charge in [-0.05, 0) is 59.7 Å². The number of methoxy groups -OCH3 is 2. The van der Waals surface area contributed by atoms with Crippen molar-refractivity contribution in [3.05, 3.63) is 36.0 Å². The molecular formula is C24H33BN4O4. The van der Waals surface area contributed by atoms with E-state index in [-0.39, 0.29) is 6.04 Å². The van der Waals surface area contributed by atoms with Gasteiger partial charge < -0.3 is 24.1 Å². The van der Waals surface area contributed by atoms with E-state index in [9.17, 15) is 0 Å².